The van der Waals surface area contributed by atoms with Gasteiger partial charge in [0.05, 0.1) is 17.9 Å². The molecule has 1 heterocycles. The summed E-state index contributed by atoms with van der Waals surface area (Å²) in [5.74, 6) is 0.714. The zero-order chi connectivity index (χ0) is 16.1. The van der Waals surface area contributed by atoms with Crippen molar-refractivity contribution in [2.24, 2.45) is 0 Å². The average Bonchev–Trinajstić information content (AvgIpc) is 2.95. The van der Waals surface area contributed by atoms with Crippen LogP contribution in [0.5, 0.6) is 5.75 Å². The Balaban J connectivity index is 2.15. The number of ketones is 1. The van der Waals surface area contributed by atoms with E-state index >= 15 is 0 Å². The molecule has 0 aliphatic carbocycles. The highest BCUT2D eigenvalue weighted by Crippen LogP contribution is 2.21. The van der Waals surface area contributed by atoms with E-state index in [-0.39, 0.29) is 17.9 Å². The van der Waals surface area contributed by atoms with Crippen molar-refractivity contribution in [3.05, 3.63) is 53.9 Å². The molecule has 0 saturated carbocycles. The lowest BCUT2D eigenvalue weighted by Gasteiger charge is -2.11. The van der Waals surface area contributed by atoms with Crippen molar-refractivity contribution in [2.75, 3.05) is 0 Å². The van der Waals surface area contributed by atoms with Gasteiger partial charge < -0.3 is 4.74 Å². The molecule has 4 heteroatoms. The molecule has 0 fully saturated rings. The average molecular weight is 298 g/mol. The smallest absolute Gasteiger partial charge is 0.189 e. The van der Waals surface area contributed by atoms with Crippen LogP contribution >= 0.6 is 0 Å². The minimum Gasteiger partial charge on any atom is -0.490 e. The molecule has 0 atom stereocenters. The normalized spacial score (nSPS) is 11.5. The SMILES string of the molecule is CC(C)Oc1ccccc1/C=C/C(=O)c1cnn(C(C)C)c1. The highest BCUT2D eigenvalue weighted by atomic mass is 16.5. The van der Waals surface area contributed by atoms with E-state index in [4.69, 9.17) is 4.74 Å². The number of nitrogens with zero attached hydrogens (tertiary/aromatic N) is 2. The lowest BCUT2D eigenvalue weighted by molar-refractivity contribution is 0.104. The van der Waals surface area contributed by atoms with Crippen LogP contribution in [0.1, 0.15) is 49.7 Å². The number of hydrogen-bond acceptors (Lipinski definition) is 3. The fourth-order valence-electron chi connectivity index (χ4n) is 1.99. The first-order chi connectivity index (χ1) is 10.5. The minimum atomic E-state index is -0.0637. The van der Waals surface area contributed by atoms with E-state index in [9.17, 15) is 4.79 Å². The molecule has 0 spiro atoms. The Morgan fingerprint density at radius 3 is 2.59 bits per heavy atom. The summed E-state index contributed by atoms with van der Waals surface area (Å²) in [6.07, 6.45) is 6.81. The molecule has 0 radical (unpaired) electrons. The van der Waals surface area contributed by atoms with Crippen molar-refractivity contribution in [1.82, 2.24) is 9.78 Å². The Kier molecular flexibility index (Phi) is 5.15. The Hall–Kier alpha value is -2.36. The van der Waals surface area contributed by atoms with E-state index in [1.54, 1.807) is 29.2 Å². The van der Waals surface area contributed by atoms with E-state index < -0.39 is 0 Å². The second kappa shape index (κ2) is 7.07. The minimum absolute atomic E-state index is 0.0637. The number of benzene rings is 1. The molecule has 0 aliphatic rings. The van der Waals surface area contributed by atoms with E-state index in [0.717, 1.165) is 11.3 Å². The predicted octanol–water partition coefficient (Wildman–Crippen LogP) is 4.15. The van der Waals surface area contributed by atoms with E-state index in [1.807, 2.05) is 52.0 Å². The van der Waals surface area contributed by atoms with Gasteiger partial charge in [-0.05, 0) is 45.9 Å². The predicted molar refractivity (Wildman–Crippen MR) is 88.2 cm³/mol. The molecule has 0 N–H and O–H groups in total. The third-order valence-electron chi connectivity index (χ3n) is 3.11. The van der Waals surface area contributed by atoms with Gasteiger partial charge in [-0.3, -0.25) is 9.48 Å². The van der Waals surface area contributed by atoms with Crippen molar-refractivity contribution in [2.45, 2.75) is 39.8 Å². The first-order valence-corrected chi connectivity index (χ1v) is 7.49. The van der Waals surface area contributed by atoms with E-state index in [2.05, 4.69) is 5.10 Å². The van der Waals surface area contributed by atoms with Crippen LogP contribution in [0.15, 0.2) is 42.7 Å². The third-order valence-corrected chi connectivity index (χ3v) is 3.11. The maximum Gasteiger partial charge on any atom is 0.189 e. The van der Waals surface area contributed by atoms with Crippen LogP contribution in [0.25, 0.3) is 6.08 Å². The Morgan fingerprint density at radius 2 is 1.95 bits per heavy atom. The zero-order valence-electron chi connectivity index (χ0n) is 13.5. The molecule has 0 saturated heterocycles. The first kappa shape index (κ1) is 16.0. The zero-order valence-corrected chi connectivity index (χ0v) is 13.5. The molecule has 0 bridgehead atoms. The number of allylic oxidation sites excluding steroid dienone is 1. The lowest BCUT2D eigenvalue weighted by Crippen LogP contribution is -2.06. The quantitative estimate of drug-likeness (QED) is 0.594. The molecule has 22 heavy (non-hydrogen) atoms. The van der Waals surface area contributed by atoms with Crippen molar-refractivity contribution in [1.29, 1.82) is 0 Å². The lowest BCUT2D eigenvalue weighted by atomic mass is 10.1. The number of hydrogen-bond donors (Lipinski definition) is 0. The Bertz CT molecular complexity index is 669. The molecule has 1 aromatic carbocycles. The van der Waals surface area contributed by atoms with Crippen molar-refractivity contribution in [3.8, 4) is 5.75 Å². The molecule has 1 aromatic heterocycles. The van der Waals surface area contributed by atoms with Gasteiger partial charge >= 0.3 is 0 Å². The molecule has 0 aliphatic heterocycles. The molecule has 2 aromatic rings. The molecule has 2 rings (SSSR count). The van der Waals surface area contributed by atoms with Crippen LogP contribution in [0.3, 0.4) is 0 Å². The van der Waals surface area contributed by atoms with Crippen molar-refractivity contribution >= 4 is 11.9 Å². The van der Waals surface area contributed by atoms with Gasteiger partial charge in [-0.2, -0.15) is 5.10 Å². The number of ether oxygens (including phenoxy) is 1. The maximum atomic E-state index is 12.2. The summed E-state index contributed by atoms with van der Waals surface area (Å²) < 4.78 is 7.51. The standard InChI is InChI=1S/C18H22N2O2/c1-13(2)20-12-16(11-19-20)17(21)10-9-15-7-5-6-8-18(15)22-14(3)4/h5-14H,1-4H3/b10-9+. The van der Waals surface area contributed by atoms with Crippen LogP contribution in [-0.4, -0.2) is 21.7 Å². The van der Waals surface area contributed by atoms with Gasteiger partial charge in [0.1, 0.15) is 5.75 Å². The summed E-state index contributed by atoms with van der Waals surface area (Å²) in [5.41, 5.74) is 1.48. The molecule has 0 amide bonds. The number of rotatable bonds is 6. The van der Waals surface area contributed by atoms with Crippen molar-refractivity contribution < 1.29 is 9.53 Å². The van der Waals surface area contributed by atoms with Gasteiger partial charge in [-0.1, -0.05) is 18.2 Å². The molecule has 116 valence electrons. The van der Waals surface area contributed by atoms with Gasteiger partial charge in [-0.25, -0.2) is 0 Å². The molecular formula is C18H22N2O2. The van der Waals surface area contributed by atoms with E-state index in [1.165, 1.54) is 0 Å². The largest absolute Gasteiger partial charge is 0.490 e. The second-order valence-electron chi connectivity index (χ2n) is 5.70. The van der Waals surface area contributed by atoms with Crippen LogP contribution in [0.4, 0.5) is 0 Å². The van der Waals surface area contributed by atoms with Crippen LogP contribution in [0, 0.1) is 0 Å². The third kappa shape index (κ3) is 4.07. The topological polar surface area (TPSA) is 44.1 Å². The van der Waals surface area contributed by atoms with Crippen LogP contribution in [-0.2, 0) is 0 Å². The Morgan fingerprint density at radius 1 is 1.23 bits per heavy atom. The second-order valence-corrected chi connectivity index (χ2v) is 5.70. The Labute approximate surface area is 131 Å². The highest BCUT2D eigenvalue weighted by Gasteiger charge is 2.08. The maximum absolute atomic E-state index is 12.2. The summed E-state index contributed by atoms with van der Waals surface area (Å²) in [7, 11) is 0. The number of carbonyl (C=O) groups excluding carboxylic acids is 1. The fourth-order valence-corrected chi connectivity index (χ4v) is 1.99. The van der Waals surface area contributed by atoms with Gasteiger partial charge in [0, 0.05) is 17.8 Å². The summed E-state index contributed by atoms with van der Waals surface area (Å²) >= 11 is 0. The number of aromatic nitrogens is 2. The highest BCUT2D eigenvalue weighted by molar-refractivity contribution is 6.06. The molecular weight excluding hydrogens is 276 g/mol. The van der Waals surface area contributed by atoms with Gasteiger partial charge in [0.2, 0.25) is 0 Å². The summed E-state index contributed by atoms with van der Waals surface area (Å²) in [5, 5.41) is 4.19. The summed E-state index contributed by atoms with van der Waals surface area (Å²) in [4.78, 5) is 12.2. The summed E-state index contributed by atoms with van der Waals surface area (Å²) in [6.45, 7) is 8.01. The van der Waals surface area contributed by atoms with Gasteiger partial charge in [-0.15, -0.1) is 0 Å². The van der Waals surface area contributed by atoms with Crippen molar-refractivity contribution in [3.63, 3.8) is 0 Å². The number of carbonyl (C=O) groups is 1. The summed E-state index contributed by atoms with van der Waals surface area (Å²) in [6, 6.07) is 7.92. The molecule has 4 nitrogen and oxygen atoms in total. The number of para-hydroxylation sites is 1. The van der Waals surface area contributed by atoms with E-state index in [0.29, 0.717) is 5.56 Å². The van der Waals surface area contributed by atoms with Crippen LogP contribution < -0.4 is 4.74 Å². The molecule has 0 unspecified atom stereocenters. The van der Waals surface area contributed by atoms with Gasteiger partial charge in [0.25, 0.3) is 0 Å². The fraction of sp³-hybridized carbons (Fsp3) is 0.333. The monoisotopic (exact) mass is 298 g/mol. The van der Waals surface area contributed by atoms with Gasteiger partial charge in [0.15, 0.2) is 5.78 Å². The van der Waals surface area contributed by atoms with Crippen LogP contribution in [0.2, 0.25) is 0 Å². The first-order valence-electron chi connectivity index (χ1n) is 7.49.